The minimum absolute atomic E-state index is 0.0417. The monoisotopic (exact) mass is 122 g/mol. The number of hydrogen-bond acceptors (Lipinski definition) is 4. The van der Waals surface area contributed by atoms with Crippen molar-refractivity contribution in [1.29, 1.82) is 16.1 Å². The molecule has 0 aliphatic carbocycles. The van der Waals surface area contributed by atoms with Crippen molar-refractivity contribution in [3.63, 3.8) is 0 Å². The van der Waals surface area contributed by atoms with E-state index in [1.165, 1.54) is 6.92 Å². The Morgan fingerprint density at radius 2 is 2.00 bits per heavy atom. The van der Waals surface area contributed by atoms with Crippen LogP contribution in [0.25, 0.3) is 0 Å². The Hall–Kier alpha value is -1.42. The first kappa shape index (κ1) is 7.58. The van der Waals surface area contributed by atoms with Crippen LogP contribution in [0.15, 0.2) is 5.11 Å². The molecule has 0 spiro atoms. The van der Waals surface area contributed by atoms with Crippen LogP contribution >= 0.6 is 0 Å². The minimum atomic E-state index is -1.11. The predicted octanol–water partition coefficient (Wildman–Crippen LogP) is 1.07. The first-order chi connectivity index (χ1) is 4.18. The molecule has 0 aliphatic heterocycles. The lowest BCUT2D eigenvalue weighted by molar-refractivity contribution is 0.577. The zero-order valence-corrected chi connectivity index (χ0v) is 5.05. The summed E-state index contributed by atoms with van der Waals surface area (Å²) in [5, 5.41) is 19.6. The fraction of sp³-hybridized carbons (Fsp3) is 0.600. The van der Waals surface area contributed by atoms with Crippen molar-refractivity contribution in [2.24, 2.45) is 10.5 Å². The molecule has 0 atom stereocenters. The maximum atomic E-state index is 8.30. The highest BCUT2D eigenvalue weighted by Crippen LogP contribution is 2.12. The van der Waals surface area contributed by atoms with Gasteiger partial charge in [0.25, 0.3) is 0 Å². The Morgan fingerprint density at radius 1 is 1.56 bits per heavy atom. The fourth-order valence-electron chi connectivity index (χ4n) is 0.254. The molecule has 9 heavy (non-hydrogen) atoms. The lowest BCUT2D eigenvalue weighted by atomic mass is 9.96. The van der Waals surface area contributed by atoms with Crippen molar-refractivity contribution in [3.05, 3.63) is 0 Å². The van der Waals surface area contributed by atoms with Crippen molar-refractivity contribution in [1.82, 2.24) is 0 Å². The molecule has 0 bridgehead atoms. The summed E-state index contributed by atoms with van der Waals surface area (Å²) >= 11 is 0. The maximum absolute atomic E-state index is 8.30. The van der Waals surface area contributed by atoms with E-state index in [2.05, 4.69) is 5.11 Å². The Balaban J connectivity index is 4.18. The summed E-state index contributed by atoms with van der Waals surface area (Å²) in [5.41, 5.74) is 5.28. The van der Waals surface area contributed by atoms with Gasteiger partial charge < -0.3 is 0 Å². The molecule has 0 aromatic carbocycles. The zero-order valence-electron chi connectivity index (χ0n) is 5.05. The first-order valence-electron chi connectivity index (χ1n) is 2.34. The standard InChI is InChI=1S/C5H6N4/c1-5(2-6,3-7)4-9-8/h8H,4H2,1H3. The molecule has 0 saturated heterocycles. The molecule has 0 radical (unpaired) electrons. The van der Waals surface area contributed by atoms with E-state index in [-0.39, 0.29) is 6.54 Å². The van der Waals surface area contributed by atoms with Gasteiger partial charge in [0.1, 0.15) is 0 Å². The van der Waals surface area contributed by atoms with Crippen LogP contribution in [0, 0.1) is 33.6 Å². The third-order valence-electron chi connectivity index (χ3n) is 0.889. The molecule has 0 heterocycles. The van der Waals surface area contributed by atoms with Gasteiger partial charge in [-0.2, -0.15) is 15.6 Å². The maximum Gasteiger partial charge on any atom is 0.162 e. The molecule has 0 aromatic rings. The lowest BCUT2D eigenvalue weighted by Gasteiger charge is -2.04. The molecule has 1 N–H and O–H groups in total. The topological polar surface area (TPSA) is 83.8 Å². The fourth-order valence-corrected chi connectivity index (χ4v) is 0.254. The predicted molar refractivity (Wildman–Crippen MR) is 29.3 cm³/mol. The molecule has 4 nitrogen and oxygen atoms in total. The van der Waals surface area contributed by atoms with E-state index in [9.17, 15) is 0 Å². The van der Waals surface area contributed by atoms with Gasteiger partial charge in [-0.15, -0.1) is 0 Å². The molecular formula is C5H6N4. The van der Waals surface area contributed by atoms with Crippen LogP contribution in [0.1, 0.15) is 6.92 Å². The highest BCUT2D eigenvalue weighted by Gasteiger charge is 2.22. The Bertz CT molecular complexity index is 168. The first-order valence-corrected chi connectivity index (χ1v) is 2.34. The molecule has 0 aliphatic rings. The average Bonchev–Trinajstić information content (AvgIpc) is 1.89. The number of nitrogens with zero attached hydrogens (tertiary/aromatic N) is 3. The SMILES string of the molecule is CC(C#N)(C#N)CN=N. The molecular weight excluding hydrogens is 116 g/mol. The molecule has 0 rings (SSSR count). The van der Waals surface area contributed by atoms with Crippen LogP contribution in [0.4, 0.5) is 0 Å². The van der Waals surface area contributed by atoms with Gasteiger partial charge in [-0.1, -0.05) is 0 Å². The summed E-state index contributed by atoms with van der Waals surface area (Å²) in [7, 11) is 0. The second-order valence-electron chi connectivity index (χ2n) is 1.87. The Morgan fingerprint density at radius 3 is 2.11 bits per heavy atom. The van der Waals surface area contributed by atoms with Crippen molar-refractivity contribution in [2.45, 2.75) is 6.92 Å². The van der Waals surface area contributed by atoms with Crippen molar-refractivity contribution in [2.75, 3.05) is 6.54 Å². The zero-order chi connectivity index (χ0) is 7.33. The van der Waals surface area contributed by atoms with E-state index in [0.717, 1.165) is 0 Å². The number of nitrogens with one attached hydrogen (secondary N) is 1. The van der Waals surface area contributed by atoms with E-state index in [4.69, 9.17) is 16.1 Å². The average molecular weight is 122 g/mol. The number of hydrogen-bond donors (Lipinski definition) is 1. The summed E-state index contributed by atoms with van der Waals surface area (Å²) in [6, 6.07) is 3.51. The second-order valence-corrected chi connectivity index (χ2v) is 1.87. The van der Waals surface area contributed by atoms with E-state index >= 15 is 0 Å². The third kappa shape index (κ3) is 1.87. The number of nitriles is 2. The smallest absolute Gasteiger partial charge is 0.162 e. The highest BCUT2D eigenvalue weighted by molar-refractivity contribution is 5.11. The van der Waals surface area contributed by atoms with Gasteiger partial charge >= 0.3 is 0 Å². The lowest BCUT2D eigenvalue weighted by Crippen LogP contribution is -2.13. The van der Waals surface area contributed by atoms with Crippen LogP contribution in [-0.2, 0) is 0 Å². The Kier molecular flexibility index (Phi) is 2.34. The van der Waals surface area contributed by atoms with Gasteiger partial charge in [0.05, 0.1) is 18.7 Å². The minimum Gasteiger partial charge on any atom is -0.210 e. The quantitative estimate of drug-likeness (QED) is 0.555. The molecule has 0 aromatic heterocycles. The highest BCUT2D eigenvalue weighted by atomic mass is 15.0. The van der Waals surface area contributed by atoms with E-state index < -0.39 is 5.41 Å². The van der Waals surface area contributed by atoms with Gasteiger partial charge in [-0.25, -0.2) is 5.53 Å². The summed E-state index contributed by atoms with van der Waals surface area (Å²) in [4.78, 5) is 0. The summed E-state index contributed by atoms with van der Waals surface area (Å²) < 4.78 is 0. The normalized spacial score (nSPS) is 9.22. The summed E-state index contributed by atoms with van der Waals surface area (Å²) in [5.74, 6) is 0. The largest absolute Gasteiger partial charge is 0.210 e. The van der Waals surface area contributed by atoms with Gasteiger partial charge in [0, 0.05) is 0 Å². The molecule has 0 unspecified atom stereocenters. The van der Waals surface area contributed by atoms with E-state index in [1.807, 2.05) is 0 Å². The van der Waals surface area contributed by atoms with Gasteiger partial charge in [-0.05, 0) is 6.92 Å². The number of rotatable bonds is 2. The molecule has 0 amide bonds. The molecule has 4 heteroatoms. The van der Waals surface area contributed by atoms with Gasteiger partial charge in [0.2, 0.25) is 0 Å². The van der Waals surface area contributed by atoms with Gasteiger partial charge in [-0.3, -0.25) is 0 Å². The van der Waals surface area contributed by atoms with Crippen LogP contribution in [0.2, 0.25) is 0 Å². The third-order valence-corrected chi connectivity index (χ3v) is 0.889. The van der Waals surface area contributed by atoms with Crippen LogP contribution in [0.3, 0.4) is 0 Å². The van der Waals surface area contributed by atoms with E-state index in [0.29, 0.717) is 0 Å². The van der Waals surface area contributed by atoms with Crippen LogP contribution in [-0.4, -0.2) is 6.54 Å². The molecule has 0 saturated carbocycles. The Labute approximate surface area is 53.2 Å². The van der Waals surface area contributed by atoms with E-state index in [1.54, 1.807) is 12.1 Å². The summed E-state index contributed by atoms with van der Waals surface area (Å²) in [6.45, 7) is 1.41. The summed E-state index contributed by atoms with van der Waals surface area (Å²) in [6.07, 6.45) is 0. The van der Waals surface area contributed by atoms with Crippen LogP contribution in [0.5, 0.6) is 0 Å². The van der Waals surface area contributed by atoms with Crippen LogP contribution < -0.4 is 0 Å². The van der Waals surface area contributed by atoms with Crippen molar-refractivity contribution < 1.29 is 0 Å². The second kappa shape index (κ2) is 2.78. The van der Waals surface area contributed by atoms with Crippen molar-refractivity contribution in [3.8, 4) is 12.1 Å². The molecule has 46 valence electrons. The van der Waals surface area contributed by atoms with Crippen molar-refractivity contribution >= 4 is 0 Å². The van der Waals surface area contributed by atoms with Gasteiger partial charge in [0.15, 0.2) is 5.41 Å². The molecule has 0 fully saturated rings.